The minimum Gasteiger partial charge on any atom is -0.508 e. The van der Waals surface area contributed by atoms with Gasteiger partial charge in [-0.05, 0) is 71.0 Å². The number of phenolic OH excluding ortho intramolecular Hbond substituents is 1. The summed E-state index contributed by atoms with van der Waals surface area (Å²) in [5.41, 5.74) is 3.75. The average Bonchev–Trinajstić information content (AvgIpc) is 3.36. The third-order valence-electron chi connectivity index (χ3n) is 6.07. The third kappa shape index (κ3) is 7.14. The Bertz CT molecular complexity index is 1350. The van der Waals surface area contributed by atoms with Crippen molar-refractivity contribution >= 4 is 45.1 Å². The number of fused-ring (bicyclic) bond motifs is 2. The first-order valence-electron chi connectivity index (χ1n) is 12.5. The summed E-state index contributed by atoms with van der Waals surface area (Å²) in [5, 5.41) is 12.3. The van der Waals surface area contributed by atoms with Crippen LogP contribution in [-0.4, -0.2) is 62.7 Å². The maximum absolute atomic E-state index is 9.90. The van der Waals surface area contributed by atoms with E-state index in [2.05, 4.69) is 115 Å². The van der Waals surface area contributed by atoms with Crippen molar-refractivity contribution in [2.75, 3.05) is 52.7 Å². The molecule has 7 heteroatoms. The van der Waals surface area contributed by atoms with Crippen LogP contribution in [0.25, 0.3) is 16.3 Å². The number of likely N-dealkylation sites (N-methyl/N-ethyl adjacent to an activating group) is 2. The molecule has 0 saturated carbocycles. The third-order valence-corrected chi connectivity index (χ3v) is 8.29. The molecular formula is C30H37N4OS2+. The number of aromatic hydroxyl groups is 1. The van der Waals surface area contributed by atoms with Gasteiger partial charge >= 0.3 is 0 Å². The summed E-state index contributed by atoms with van der Waals surface area (Å²) in [5.74, 6) is 0.308. The number of hydrogen-bond donors (Lipinski definition) is 1. The van der Waals surface area contributed by atoms with Crippen LogP contribution in [0.3, 0.4) is 0 Å². The number of nitrogens with zero attached hydrogens (tertiary/aromatic N) is 4. The zero-order valence-corrected chi connectivity index (χ0v) is 24.0. The van der Waals surface area contributed by atoms with Gasteiger partial charge in [0.15, 0.2) is 6.54 Å². The highest BCUT2D eigenvalue weighted by Gasteiger charge is 2.25. The molecule has 194 valence electrons. The quantitative estimate of drug-likeness (QED) is 0.259. The lowest BCUT2D eigenvalue weighted by Crippen LogP contribution is -2.39. The van der Waals surface area contributed by atoms with Crippen LogP contribution in [0.15, 0.2) is 82.8 Å². The molecule has 37 heavy (non-hydrogen) atoms. The monoisotopic (exact) mass is 533 g/mol. The normalized spacial score (nSPS) is 15.2. The van der Waals surface area contributed by atoms with Crippen molar-refractivity contribution in [2.45, 2.75) is 18.4 Å². The fraction of sp³-hybridized carbons (Fsp3) is 0.300. The Morgan fingerprint density at radius 2 is 1.68 bits per heavy atom. The molecule has 1 aromatic heterocycles. The molecule has 0 unspecified atom stereocenters. The van der Waals surface area contributed by atoms with Crippen LogP contribution in [0.4, 0.5) is 5.69 Å². The Morgan fingerprint density at radius 1 is 0.919 bits per heavy atom. The summed E-state index contributed by atoms with van der Waals surface area (Å²) in [6.45, 7) is 5.98. The van der Waals surface area contributed by atoms with Crippen molar-refractivity contribution in [3.63, 3.8) is 0 Å². The zero-order chi connectivity index (χ0) is 26.4. The number of aryl methyl sites for hydroxylation is 1. The highest BCUT2D eigenvalue weighted by atomic mass is 32.2. The van der Waals surface area contributed by atoms with E-state index < -0.39 is 0 Å². The molecule has 0 bridgehead atoms. The van der Waals surface area contributed by atoms with E-state index in [0.717, 1.165) is 36.8 Å². The Labute approximate surface area is 229 Å². The molecule has 0 spiro atoms. The summed E-state index contributed by atoms with van der Waals surface area (Å²) in [6.07, 6.45) is 14.8. The van der Waals surface area contributed by atoms with E-state index >= 15 is 0 Å². The van der Waals surface area contributed by atoms with Crippen molar-refractivity contribution in [3.05, 3.63) is 88.5 Å². The smallest absolute Gasteiger partial charge is 0.262 e. The van der Waals surface area contributed by atoms with Crippen molar-refractivity contribution in [2.24, 2.45) is 0 Å². The Balaban J connectivity index is 1.45. The summed E-state index contributed by atoms with van der Waals surface area (Å²) < 4.78 is 3.75. The molecule has 0 atom stereocenters. The number of phenols is 1. The molecule has 3 aromatic rings. The van der Waals surface area contributed by atoms with E-state index in [0.29, 0.717) is 5.75 Å². The first-order chi connectivity index (χ1) is 17.8. The van der Waals surface area contributed by atoms with Crippen LogP contribution in [0.1, 0.15) is 10.6 Å². The van der Waals surface area contributed by atoms with E-state index in [1.807, 2.05) is 23.5 Å². The summed E-state index contributed by atoms with van der Waals surface area (Å²) >= 11 is 3.54. The number of hydrogen-bond acceptors (Lipinski definition) is 6. The van der Waals surface area contributed by atoms with E-state index in [1.54, 1.807) is 17.8 Å². The molecule has 5 nitrogen and oxygen atoms in total. The van der Waals surface area contributed by atoms with Gasteiger partial charge < -0.3 is 19.8 Å². The topological polar surface area (TPSA) is 33.8 Å². The fourth-order valence-corrected chi connectivity index (χ4v) is 6.42. The van der Waals surface area contributed by atoms with Crippen molar-refractivity contribution in [1.29, 1.82) is 0 Å². The largest absolute Gasteiger partial charge is 0.508 e. The van der Waals surface area contributed by atoms with Crippen LogP contribution in [0, 0.1) is 6.92 Å². The number of rotatable bonds is 10. The molecule has 0 radical (unpaired) electrons. The standard InChI is InChI=1S/C30H36N4OS2/c1-23-13-15-25-27(21-23)36-29(33(25)19-17-31(2)3)11-9-7-6-8-10-12-30-34(20-18-32(4)5)26-16-14-24(35)22-28(26)37-30/h6-16,21-22H,17-20H2,1-5H3/p+1. The van der Waals surface area contributed by atoms with Crippen LogP contribution in [-0.2, 0) is 6.54 Å². The zero-order valence-electron chi connectivity index (χ0n) is 22.4. The van der Waals surface area contributed by atoms with Gasteiger partial charge in [0.2, 0.25) is 5.52 Å². The number of anilines is 1. The van der Waals surface area contributed by atoms with Gasteiger partial charge in [0.1, 0.15) is 10.4 Å². The van der Waals surface area contributed by atoms with Gasteiger partial charge in [0.25, 0.3) is 5.01 Å². The van der Waals surface area contributed by atoms with Crippen LogP contribution in [0.2, 0.25) is 0 Å². The minimum atomic E-state index is 0.308. The predicted molar refractivity (Wildman–Crippen MR) is 161 cm³/mol. The maximum Gasteiger partial charge on any atom is 0.262 e. The number of thiazole rings is 1. The fourth-order valence-electron chi connectivity index (χ4n) is 4.08. The van der Waals surface area contributed by atoms with Crippen LogP contribution >= 0.6 is 23.1 Å². The molecule has 2 heterocycles. The molecule has 2 aromatic carbocycles. The second-order valence-corrected chi connectivity index (χ2v) is 11.8. The van der Waals surface area contributed by atoms with E-state index in [9.17, 15) is 5.11 Å². The van der Waals surface area contributed by atoms with Gasteiger partial charge in [-0.3, -0.25) is 0 Å². The van der Waals surface area contributed by atoms with Gasteiger partial charge in [-0.15, -0.1) is 0 Å². The van der Waals surface area contributed by atoms with Gasteiger partial charge in [0.05, 0.1) is 17.3 Å². The summed E-state index contributed by atoms with van der Waals surface area (Å²) in [7, 11) is 8.42. The number of allylic oxidation sites excluding steroid dienone is 6. The Hall–Kier alpha value is -2.84. The molecule has 0 saturated heterocycles. The van der Waals surface area contributed by atoms with Gasteiger partial charge in [-0.25, -0.2) is 0 Å². The molecule has 0 amide bonds. The van der Waals surface area contributed by atoms with Crippen molar-refractivity contribution in [3.8, 4) is 5.75 Å². The summed E-state index contributed by atoms with van der Waals surface area (Å²) in [6, 6.07) is 12.3. The second-order valence-electron chi connectivity index (χ2n) is 9.71. The van der Waals surface area contributed by atoms with Crippen molar-refractivity contribution < 1.29 is 9.67 Å². The molecular weight excluding hydrogens is 496 g/mol. The average molecular weight is 534 g/mol. The lowest BCUT2D eigenvalue weighted by Gasteiger charge is -2.22. The number of thioether (sulfide) groups is 1. The van der Waals surface area contributed by atoms with Crippen molar-refractivity contribution in [1.82, 2.24) is 9.80 Å². The van der Waals surface area contributed by atoms with E-state index in [1.165, 1.54) is 25.8 Å². The highest BCUT2D eigenvalue weighted by molar-refractivity contribution is 8.03. The Kier molecular flexibility index (Phi) is 9.27. The van der Waals surface area contributed by atoms with Gasteiger partial charge in [-0.2, -0.15) is 4.57 Å². The maximum atomic E-state index is 9.90. The van der Waals surface area contributed by atoms with E-state index in [-0.39, 0.29) is 0 Å². The predicted octanol–water partition coefficient (Wildman–Crippen LogP) is 5.91. The summed E-state index contributed by atoms with van der Waals surface area (Å²) in [4.78, 5) is 7.83. The first kappa shape index (κ1) is 27.2. The number of benzene rings is 2. The number of aromatic nitrogens is 1. The molecule has 0 fully saturated rings. The van der Waals surface area contributed by atoms with Gasteiger partial charge in [-0.1, -0.05) is 59.5 Å². The minimum absolute atomic E-state index is 0.308. The highest BCUT2D eigenvalue weighted by Crippen LogP contribution is 2.47. The van der Waals surface area contributed by atoms with Gasteiger partial charge in [0, 0.05) is 30.1 Å². The first-order valence-corrected chi connectivity index (χ1v) is 14.2. The van der Waals surface area contributed by atoms with E-state index in [4.69, 9.17) is 0 Å². The SMILES string of the molecule is Cc1ccc2c(c1)sc(/C=C/C=C/C=C/C=C1\Sc3cc(O)ccc3N1CCN(C)C)[n+]2CCN(C)C. The lowest BCUT2D eigenvalue weighted by atomic mass is 10.2. The van der Waals surface area contributed by atoms with Crippen LogP contribution in [0.5, 0.6) is 5.75 Å². The lowest BCUT2D eigenvalue weighted by molar-refractivity contribution is -0.668. The molecule has 0 aliphatic carbocycles. The van der Waals surface area contributed by atoms with Crippen LogP contribution < -0.4 is 9.47 Å². The molecule has 1 aliphatic rings. The molecule has 1 aliphatic heterocycles. The molecule has 1 N–H and O–H groups in total. The second kappa shape index (κ2) is 12.6. The molecule has 4 rings (SSSR count). The Morgan fingerprint density at radius 3 is 2.46 bits per heavy atom.